The van der Waals surface area contributed by atoms with Crippen molar-refractivity contribution in [3.63, 3.8) is 0 Å². The molecular weight excluding hydrogens is 348 g/mol. The van der Waals surface area contributed by atoms with Crippen LogP contribution in [-0.2, 0) is 0 Å². The number of benzene rings is 1. The van der Waals surface area contributed by atoms with Crippen molar-refractivity contribution in [1.29, 1.82) is 0 Å². The smallest absolute Gasteiger partial charge is 0.356 e. The van der Waals surface area contributed by atoms with Crippen molar-refractivity contribution in [2.45, 2.75) is 32.6 Å². The average Bonchev–Trinajstić information content (AvgIpc) is 3.33. The fourth-order valence-electron chi connectivity index (χ4n) is 2.83. The van der Waals surface area contributed by atoms with E-state index in [0.717, 1.165) is 18.5 Å². The van der Waals surface area contributed by atoms with Gasteiger partial charge < -0.3 is 14.9 Å². The van der Waals surface area contributed by atoms with Crippen molar-refractivity contribution < 1.29 is 19.2 Å². The maximum atomic E-state index is 12.6. The Morgan fingerprint density at radius 1 is 1.22 bits per heavy atom. The number of anilines is 1. The van der Waals surface area contributed by atoms with Crippen LogP contribution in [0.1, 0.15) is 59.3 Å². The second-order valence-corrected chi connectivity index (χ2v) is 6.05. The summed E-state index contributed by atoms with van der Waals surface area (Å²) in [5.41, 5.74) is 1.69. The van der Waals surface area contributed by atoms with Crippen molar-refractivity contribution in [2.24, 2.45) is 0 Å². The highest BCUT2D eigenvalue weighted by atomic mass is 16.5. The Morgan fingerprint density at radius 2 is 1.96 bits per heavy atom. The third kappa shape index (κ3) is 3.89. The minimum atomic E-state index is -1.12. The maximum absolute atomic E-state index is 12.6. The van der Waals surface area contributed by atoms with E-state index in [1.807, 2.05) is 0 Å². The highest BCUT2D eigenvalue weighted by Crippen LogP contribution is 2.24. The van der Waals surface area contributed by atoms with Gasteiger partial charge in [0.15, 0.2) is 5.69 Å². The van der Waals surface area contributed by atoms with Crippen molar-refractivity contribution in [3.05, 3.63) is 59.7 Å². The second-order valence-electron chi connectivity index (χ2n) is 6.05. The van der Waals surface area contributed by atoms with E-state index in [1.54, 1.807) is 30.3 Å². The zero-order chi connectivity index (χ0) is 19.4. The predicted octanol–water partition coefficient (Wildman–Crippen LogP) is 3.71. The van der Waals surface area contributed by atoms with Crippen LogP contribution >= 0.6 is 0 Å². The van der Waals surface area contributed by atoms with Crippen LogP contribution in [0.25, 0.3) is 5.69 Å². The first-order valence-corrected chi connectivity index (χ1v) is 8.69. The molecule has 2 aromatic heterocycles. The highest BCUT2D eigenvalue weighted by Gasteiger charge is 2.19. The number of carboxylic acids is 1. The average molecular weight is 368 g/mol. The lowest BCUT2D eigenvalue weighted by atomic mass is 9.99. The predicted molar refractivity (Wildman–Crippen MR) is 98.3 cm³/mol. The van der Waals surface area contributed by atoms with Gasteiger partial charge in [0.2, 0.25) is 5.76 Å². The first-order chi connectivity index (χ1) is 13.0. The normalized spacial score (nSPS) is 10.9. The molecular formula is C19H20N4O4. The van der Waals surface area contributed by atoms with Gasteiger partial charge in [-0.3, -0.25) is 4.79 Å². The maximum Gasteiger partial charge on any atom is 0.356 e. The lowest BCUT2D eigenvalue weighted by molar-refractivity contribution is 0.0689. The SMILES string of the molecule is CCC(CC)c1cc(C(=O)Nc2ccccc2-n2ccc(C(=O)O)n2)on1. The first kappa shape index (κ1) is 18.4. The van der Waals surface area contributed by atoms with Gasteiger partial charge in [-0.1, -0.05) is 31.1 Å². The number of hydrogen-bond acceptors (Lipinski definition) is 5. The van der Waals surface area contributed by atoms with E-state index in [-0.39, 0.29) is 17.4 Å². The van der Waals surface area contributed by atoms with Gasteiger partial charge in [-0.05, 0) is 31.0 Å². The minimum Gasteiger partial charge on any atom is -0.476 e. The van der Waals surface area contributed by atoms with Gasteiger partial charge >= 0.3 is 5.97 Å². The second kappa shape index (κ2) is 7.86. The number of rotatable bonds is 7. The van der Waals surface area contributed by atoms with Crippen LogP contribution in [-0.4, -0.2) is 31.9 Å². The lowest BCUT2D eigenvalue weighted by Crippen LogP contribution is -2.13. The summed E-state index contributed by atoms with van der Waals surface area (Å²) in [7, 11) is 0. The number of amides is 1. The zero-order valence-electron chi connectivity index (χ0n) is 15.0. The van der Waals surface area contributed by atoms with Crippen LogP contribution < -0.4 is 5.32 Å². The summed E-state index contributed by atoms with van der Waals surface area (Å²) in [6.45, 7) is 4.13. The van der Waals surface area contributed by atoms with Gasteiger partial charge in [0.25, 0.3) is 5.91 Å². The number of hydrogen-bond donors (Lipinski definition) is 2. The number of nitrogens with zero attached hydrogens (tertiary/aromatic N) is 3. The molecule has 0 aliphatic heterocycles. The third-order valence-electron chi connectivity index (χ3n) is 4.36. The molecule has 0 bridgehead atoms. The monoisotopic (exact) mass is 368 g/mol. The molecule has 0 aliphatic rings. The van der Waals surface area contributed by atoms with Crippen LogP contribution in [0, 0.1) is 0 Å². The highest BCUT2D eigenvalue weighted by molar-refractivity contribution is 6.03. The molecule has 0 atom stereocenters. The molecule has 1 amide bonds. The molecule has 140 valence electrons. The summed E-state index contributed by atoms with van der Waals surface area (Å²) in [5, 5.41) is 19.8. The number of carboxylic acid groups (broad SMARTS) is 1. The molecule has 8 heteroatoms. The molecule has 0 saturated heterocycles. The van der Waals surface area contributed by atoms with Gasteiger partial charge in [-0.15, -0.1) is 0 Å². The number of nitrogens with one attached hydrogen (secondary N) is 1. The summed E-state index contributed by atoms with van der Waals surface area (Å²) < 4.78 is 6.60. The molecule has 0 unspecified atom stereocenters. The van der Waals surface area contributed by atoms with E-state index >= 15 is 0 Å². The van der Waals surface area contributed by atoms with Gasteiger partial charge in [0.1, 0.15) is 0 Å². The van der Waals surface area contributed by atoms with E-state index in [1.165, 1.54) is 16.9 Å². The largest absolute Gasteiger partial charge is 0.476 e. The Balaban J connectivity index is 1.83. The number of aromatic carboxylic acids is 1. The van der Waals surface area contributed by atoms with Crippen LogP contribution in [0.5, 0.6) is 0 Å². The molecule has 0 fully saturated rings. The van der Waals surface area contributed by atoms with Crippen molar-refractivity contribution in [3.8, 4) is 5.69 Å². The standard InChI is InChI=1S/C19H20N4O4/c1-3-12(4-2)15-11-17(27-22-15)18(24)20-13-7-5-6-8-16(13)23-10-9-14(21-23)19(25)26/h5-12H,3-4H2,1-2H3,(H,20,24)(H,25,26). The first-order valence-electron chi connectivity index (χ1n) is 8.69. The summed E-state index contributed by atoms with van der Waals surface area (Å²) in [5.74, 6) is -1.18. The summed E-state index contributed by atoms with van der Waals surface area (Å²) in [6.07, 6.45) is 3.35. The Morgan fingerprint density at radius 3 is 2.63 bits per heavy atom. The number of para-hydroxylation sites is 2. The van der Waals surface area contributed by atoms with Crippen molar-refractivity contribution in [1.82, 2.24) is 14.9 Å². The van der Waals surface area contributed by atoms with E-state index < -0.39 is 11.9 Å². The molecule has 2 N–H and O–H groups in total. The minimum absolute atomic E-state index is 0.0822. The van der Waals surface area contributed by atoms with Crippen molar-refractivity contribution in [2.75, 3.05) is 5.32 Å². The Bertz CT molecular complexity index is 956. The topological polar surface area (TPSA) is 110 Å². The molecule has 2 heterocycles. The molecule has 27 heavy (non-hydrogen) atoms. The molecule has 0 radical (unpaired) electrons. The molecule has 8 nitrogen and oxygen atoms in total. The third-order valence-corrected chi connectivity index (χ3v) is 4.36. The van der Waals surface area contributed by atoms with Crippen molar-refractivity contribution >= 4 is 17.6 Å². The molecule has 0 saturated carbocycles. The van der Waals surface area contributed by atoms with E-state index in [0.29, 0.717) is 11.4 Å². The Kier molecular flexibility index (Phi) is 5.35. The van der Waals surface area contributed by atoms with Gasteiger partial charge in [0.05, 0.1) is 17.1 Å². The lowest BCUT2D eigenvalue weighted by Gasteiger charge is -2.09. The van der Waals surface area contributed by atoms with E-state index in [9.17, 15) is 9.59 Å². The van der Waals surface area contributed by atoms with E-state index in [4.69, 9.17) is 9.63 Å². The fraction of sp³-hybridized carbons (Fsp3) is 0.263. The zero-order valence-corrected chi connectivity index (χ0v) is 15.0. The Hall–Kier alpha value is -3.42. The Labute approximate surface area is 155 Å². The van der Waals surface area contributed by atoms with Gasteiger partial charge in [-0.2, -0.15) is 5.10 Å². The van der Waals surface area contributed by atoms with Gasteiger partial charge in [0, 0.05) is 18.2 Å². The molecule has 0 aliphatic carbocycles. The van der Waals surface area contributed by atoms with Crippen LogP contribution in [0.2, 0.25) is 0 Å². The molecule has 0 spiro atoms. The summed E-state index contributed by atoms with van der Waals surface area (Å²) >= 11 is 0. The van der Waals surface area contributed by atoms with Gasteiger partial charge in [-0.25, -0.2) is 9.48 Å². The molecule has 3 aromatic rings. The summed E-state index contributed by atoms with van der Waals surface area (Å²) in [4.78, 5) is 23.6. The fourth-order valence-corrected chi connectivity index (χ4v) is 2.83. The number of carbonyl (C=O) groups excluding carboxylic acids is 1. The van der Waals surface area contributed by atoms with Crippen LogP contribution in [0.3, 0.4) is 0 Å². The van der Waals surface area contributed by atoms with Crippen LogP contribution in [0.4, 0.5) is 5.69 Å². The number of aromatic nitrogens is 3. The molecule has 1 aromatic carbocycles. The quantitative estimate of drug-likeness (QED) is 0.658. The van der Waals surface area contributed by atoms with Crippen LogP contribution in [0.15, 0.2) is 47.1 Å². The molecule has 3 rings (SSSR count). The van der Waals surface area contributed by atoms with E-state index in [2.05, 4.69) is 29.4 Å². The summed E-state index contributed by atoms with van der Waals surface area (Å²) in [6, 6.07) is 10.0. The number of carbonyl (C=O) groups is 2.